The largest absolute Gasteiger partial charge is 0.285 e. The van der Waals surface area contributed by atoms with Crippen LogP contribution in [0.1, 0.15) is 16.1 Å². The minimum absolute atomic E-state index is 0.00637. The topological polar surface area (TPSA) is 94.0 Å². The number of nitrogens with zero attached hydrogens (tertiary/aromatic N) is 3. The van der Waals surface area contributed by atoms with Crippen LogP contribution >= 0.6 is 23.2 Å². The minimum atomic E-state index is -4.10. The Bertz CT molecular complexity index is 1370. The summed E-state index contributed by atoms with van der Waals surface area (Å²) in [6.45, 7) is 1.65. The lowest BCUT2D eigenvalue weighted by Crippen LogP contribution is -2.31. The van der Waals surface area contributed by atoms with Crippen LogP contribution in [0.3, 0.4) is 0 Å². The molecule has 1 N–H and O–H groups in total. The third-order valence-corrected chi connectivity index (χ3v) is 6.76. The van der Waals surface area contributed by atoms with E-state index in [4.69, 9.17) is 23.2 Å². The second kappa shape index (κ2) is 8.74. The molecule has 0 saturated carbocycles. The fourth-order valence-corrected chi connectivity index (χ4v) is 4.78. The molecule has 4 aromatic rings. The van der Waals surface area contributed by atoms with Crippen LogP contribution in [-0.2, 0) is 10.0 Å². The maximum absolute atomic E-state index is 12.9. The van der Waals surface area contributed by atoms with Crippen molar-refractivity contribution in [3.63, 3.8) is 0 Å². The van der Waals surface area contributed by atoms with E-state index in [9.17, 15) is 13.2 Å². The molecule has 162 valence electrons. The van der Waals surface area contributed by atoms with Crippen molar-refractivity contribution in [1.82, 2.24) is 19.5 Å². The Labute approximate surface area is 194 Å². The third kappa shape index (κ3) is 4.25. The Balaban J connectivity index is 1.80. The molecule has 2 aromatic carbocycles. The van der Waals surface area contributed by atoms with E-state index in [1.54, 1.807) is 61.5 Å². The summed E-state index contributed by atoms with van der Waals surface area (Å²) in [5.74, 6) is -0.628. The van der Waals surface area contributed by atoms with E-state index in [0.29, 0.717) is 26.9 Å². The number of aryl methyl sites for hydroxylation is 1. The number of carbonyl (C=O) groups excluding carboxylic acids is 1. The van der Waals surface area contributed by atoms with Gasteiger partial charge in [-0.25, -0.2) is 22.8 Å². The summed E-state index contributed by atoms with van der Waals surface area (Å²) in [6.07, 6.45) is 1.53. The molecule has 2 aromatic heterocycles. The van der Waals surface area contributed by atoms with Crippen molar-refractivity contribution in [2.24, 2.45) is 0 Å². The first-order valence-corrected chi connectivity index (χ1v) is 11.6. The van der Waals surface area contributed by atoms with Crippen molar-refractivity contribution >= 4 is 39.1 Å². The molecule has 7 nitrogen and oxygen atoms in total. The Morgan fingerprint density at radius 1 is 0.969 bits per heavy atom. The number of hydrogen-bond donors (Lipinski definition) is 1. The molecule has 10 heteroatoms. The summed E-state index contributed by atoms with van der Waals surface area (Å²) in [7, 11) is -4.10. The summed E-state index contributed by atoms with van der Waals surface area (Å²) in [6, 6.07) is 18.1. The van der Waals surface area contributed by atoms with Crippen LogP contribution in [0.5, 0.6) is 0 Å². The van der Waals surface area contributed by atoms with Gasteiger partial charge in [-0.3, -0.25) is 4.79 Å². The zero-order valence-electron chi connectivity index (χ0n) is 16.7. The summed E-state index contributed by atoms with van der Waals surface area (Å²) in [4.78, 5) is 17.1. The molecule has 0 fully saturated rings. The van der Waals surface area contributed by atoms with Crippen LogP contribution in [-0.4, -0.2) is 29.1 Å². The number of halogens is 2. The van der Waals surface area contributed by atoms with E-state index < -0.39 is 15.9 Å². The zero-order valence-corrected chi connectivity index (χ0v) is 19.0. The Hall–Kier alpha value is -3.20. The second-order valence-corrected chi connectivity index (χ2v) is 9.28. The molecule has 2 heterocycles. The molecule has 0 spiro atoms. The fraction of sp³-hybridized carbons (Fsp3) is 0.0455. The number of sulfonamides is 1. The lowest BCUT2D eigenvalue weighted by atomic mass is 10.1. The van der Waals surface area contributed by atoms with Gasteiger partial charge in [-0.1, -0.05) is 59.6 Å². The van der Waals surface area contributed by atoms with Gasteiger partial charge in [0.15, 0.2) is 11.5 Å². The standard InChI is InChI=1S/C22H16Cl2N4O3S/c1-14-7-2-5-11-20(14)32(30,31)27-22(29)18-13-19(15-8-3-4-9-16(15)23)28(26-18)21-17(24)10-6-12-25-21/h2-13H,1H3,(H,27,29). The Morgan fingerprint density at radius 3 is 2.38 bits per heavy atom. The Kier molecular flexibility index (Phi) is 6.01. The number of hydrogen-bond acceptors (Lipinski definition) is 5. The van der Waals surface area contributed by atoms with Crippen LogP contribution in [0.4, 0.5) is 0 Å². The number of amides is 1. The van der Waals surface area contributed by atoms with Crippen molar-refractivity contribution < 1.29 is 13.2 Å². The van der Waals surface area contributed by atoms with E-state index in [1.807, 2.05) is 0 Å². The predicted octanol–water partition coefficient (Wildman–Crippen LogP) is 4.67. The summed E-state index contributed by atoms with van der Waals surface area (Å²) >= 11 is 12.7. The van der Waals surface area contributed by atoms with Gasteiger partial charge >= 0.3 is 0 Å². The first kappa shape index (κ1) is 22.0. The summed E-state index contributed by atoms with van der Waals surface area (Å²) < 4.78 is 28.9. The molecular formula is C22H16Cl2N4O3S. The van der Waals surface area contributed by atoms with E-state index in [1.165, 1.54) is 23.0 Å². The number of carbonyl (C=O) groups is 1. The van der Waals surface area contributed by atoms with Crippen molar-refractivity contribution in [1.29, 1.82) is 0 Å². The van der Waals surface area contributed by atoms with Gasteiger partial charge in [-0.05, 0) is 42.8 Å². The van der Waals surface area contributed by atoms with Gasteiger partial charge in [0.2, 0.25) is 0 Å². The van der Waals surface area contributed by atoms with Crippen LogP contribution in [0, 0.1) is 6.92 Å². The van der Waals surface area contributed by atoms with Crippen molar-refractivity contribution in [3.05, 3.63) is 94.2 Å². The normalized spacial score (nSPS) is 11.3. The van der Waals surface area contributed by atoms with Gasteiger partial charge in [0, 0.05) is 16.8 Å². The highest BCUT2D eigenvalue weighted by Gasteiger charge is 2.25. The molecule has 0 radical (unpaired) electrons. The molecule has 4 rings (SSSR count). The number of rotatable bonds is 5. The average molecular weight is 487 g/mol. The number of nitrogens with one attached hydrogen (secondary N) is 1. The second-order valence-electron chi connectivity index (χ2n) is 6.82. The van der Waals surface area contributed by atoms with Gasteiger partial charge in [-0.15, -0.1) is 0 Å². The Morgan fingerprint density at radius 2 is 1.66 bits per heavy atom. The maximum atomic E-state index is 12.9. The van der Waals surface area contributed by atoms with Crippen LogP contribution < -0.4 is 4.72 Å². The first-order valence-electron chi connectivity index (χ1n) is 9.36. The molecule has 0 saturated heterocycles. The fourth-order valence-electron chi connectivity index (χ4n) is 3.13. The van der Waals surface area contributed by atoms with E-state index in [0.717, 1.165) is 0 Å². The third-order valence-electron chi connectivity index (χ3n) is 4.64. The molecule has 32 heavy (non-hydrogen) atoms. The summed E-state index contributed by atoms with van der Waals surface area (Å²) in [5.41, 5.74) is 1.37. The summed E-state index contributed by atoms with van der Waals surface area (Å²) in [5, 5.41) is 5.01. The SMILES string of the molecule is Cc1ccccc1S(=O)(=O)NC(=O)c1cc(-c2ccccc2Cl)n(-c2ncccc2Cl)n1. The van der Waals surface area contributed by atoms with Gasteiger partial charge in [0.05, 0.1) is 15.6 Å². The number of pyridine rings is 1. The highest BCUT2D eigenvalue weighted by molar-refractivity contribution is 7.90. The molecule has 0 aliphatic rings. The van der Waals surface area contributed by atoms with Crippen molar-refractivity contribution in [2.75, 3.05) is 0 Å². The van der Waals surface area contributed by atoms with Crippen molar-refractivity contribution in [3.8, 4) is 17.1 Å². The van der Waals surface area contributed by atoms with E-state index >= 15 is 0 Å². The van der Waals surface area contributed by atoms with Crippen LogP contribution in [0.15, 0.2) is 77.8 Å². The monoisotopic (exact) mass is 486 g/mol. The lowest BCUT2D eigenvalue weighted by Gasteiger charge is -2.09. The lowest BCUT2D eigenvalue weighted by molar-refractivity contribution is 0.0976. The molecule has 0 aliphatic carbocycles. The zero-order chi connectivity index (χ0) is 22.9. The van der Waals surface area contributed by atoms with Gasteiger partial charge in [-0.2, -0.15) is 5.10 Å². The first-order chi connectivity index (χ1) is 15.3. The van der Waals surface area contributed by atoms with Crippen LogP contribution in [0.25, 0.3) is 17.1 Å². The van der Waals surface area contributed by atoms with Gasteiger partial charge in [0.25, 0.3) is 15.9 Å². The maximum Gasteiger partial charge on any atom is 0.285 e. The smallest absolute Gasteiger partial charge is 0.266 e. The van der Waals surface area contributed by atoms with E-state index in [2.05, 4.69) is 14.8 Å². The number of aromatic nitrogens is 3. The average Bonchev–Trinajstić information content (AvgIpc) is 3.19. The van der Waals surface area contributed by atoms with Crippen molar-refractivity contribution in [2.45, 2.75) is 11.8 Å². The minimum Gasteiger partial charge on any atom is -0.266 e. The highest BCUT2D eigenvalue weighted by atomic mass is 35.5. The van der Waals surface area contributed by atoms with Crippen LogP contribution in [0.2, 0.25) is 10.0 Å². The molecular weight excluding hydrogens is 471 g/mol. The number of benzene rings is 2. The van der Waals surface area contributed by atoms with E-state index in [-0.39, 0.29) is 16.4 Å². The van der Waals surface area contributed by atoms with Gasteiger partial charge < -0.3 is 0 Å². The molecule has 1 amide bonds. The predicted molar refractivity (Wildman–Crippen MR) is 123 cm³/mol. The molecule has 0 aliphatic heterocycles. The molecule has 0 unspecified atom stereocenters. The molecule has 0 atom stereocenters. The van der Waals surface area contributed by atoms with Gasteiger partial charge in [0.1, 0.15) is 0 Å². The highest BCUT2D eigenvalue weighted by Crippen LogP contribution is 2.31. The molecule has 0 bridgehead atoms. The quantitative estimate of drug-likeness (QED) is 0.442.